The molecule has 112 valence electrons. The largest absolute Gasteiger partial charge is 0.493 e. The minimum absolute atomic E-state index is 0.456. The summed E-state index contributed by atoms with van der Waals surface area (Å²) in [6.45, 7) is 5.23. The van der Waals surface area contributed by atoms with Gasteiger partial charge in [0.05, 0.1) is 19.1 Å². The first-order chi connectivity index (χ1) is 9.83. The first kappa shape index (κ1) is 15.5. The van der Waals surface area contributed by atoms with Gasteiger partial charge in [-0.15, -0.1) is 11.6 Å². The molecule has 2 rings (SSSR count). The summed E-state index contributed by atoms with van der Waals surface area (Å²) < 4.78 is 17.0. The molecule has 1 saturated heterocycles. The Morgan fingerprint density at radius 3 is 2.75 bits per heavy atom. The average Bonchev–Trinajstić information content (AvgIpc) is 2.52. The molecule has 1 aliphatic heterocycles. The van der Waals surface area contributed by atoms with Crippen molar-refractivity contribution in [2.45, 2.75) is 32.1 Å². The Hall–Kier alpha value is -0.930. The maximum atomic E-state index is 5.97. The second kappa shape index (κ2) is 8.38. The average molecular weight is 299 g/mol. The number of halogens is 1. The van der Waals surface area contributed by atoms with Gasteiger partial charge in [-0.3, -0.25) is 0 Å². The molecule has 20 heavy (non-hydrogen) atoms. The Morgan fingerprint density at radius 2 is 2.05 bits per heavy atom. The molecule has 1 aliphatic rings. The molecule has 3 nitrogen and oxygen atoms in total. The Labute approximate surface area is 126 Å². The molecular weight excluding hydrogens is 276 g/mol. The topological polar surface area (TPSA) is 27.7 Å². The van der Waals surface area contributed by atoms with Crippen LogP contribution in [0.25, 0.3) is 0 Å². The molecule has 1 aromatic carbocycles. The van der Waals surface area contributed by atoms with Crippen LogP contribution >= 0.6 is 11.6 Å². The van der Waals surface area contributed by atoms with Crippen LogP contribution in [0.4, 0.5) is 0 Å². The van der Waals surface area contributed by atoms with Gasteiger partial charge >= 0.3 is 0 Å². The molecule has 0 spiro atoms. The lowest BCUT2D eigenvalue weighted by Crippen LogP contribution is -2.21. The molecule has 1 heterocycles. The third-order valence-electron chi connectivity index (χ3n) is 3.47. The molecule has 1 aromatic rings. The molecule has 0 unspecified atom stereocenters. The van der Waals surface area contributed by atoms with Gasteiger partial charge in [0.2, 0.25) is 0 Å². The molecule has 0 atom stereocenters. The zero-order valence-electron chi connectivity index (χ0n) is 12.1. The summed E-state index contributed by atoms with van der Waals surface area (Å²) in [4.78, 5) is 0. The third kappa shape index (κ3) is 4.57. The fraction of sp³-hybridized carbons (Fsp3) is 0.625. The van der Waals surface area contributed by atoms with Crippen LogP contribution in [0.2, 0.25) is 0 Å². The molecule has 0 saturated carbocycles. The quantitative estimate of drug-likeness (QED) is 0.712. The summed E-state index contributed by atoms with van der Waals surface area (Å²) in [6.07, 6.45) is 3.14. The first-order valence-electron chi connectivity index (χ1n) is 7.35. The van der Waals surface area contributed by atoms with Crippen molar-refractivity contribution < 1.29 is 14.2 Å². The van der Waals surface area contributed by atoms with E-state index < -0.39 is 0 Å². The predicted molar refractivity (Wildman–Crippen MR) is 80.8 cm³/mol. The van der Waals surface area contributed by atoms with Crippen molar-refractivity contribution in [1.82, 2.24) is 0 Å². The van der Waals surface area contributed by atoms with Crippen molar-refractivity contribution in [2.75, 3.05) is 26.4 Å². The van der Waals surface area contributed by atoms with Gasteiger partial charge in [0, 0.05) is 24.8 Å². The third-order valence-corrected chi connectivity index (χ3v) is 3.76. The lowest BCUT2D eigenvalue weighted by Gasteiger charge is -2.22. The molecule has 4 heteroatoms. The van der Waals surface area contributed by atoms with Crippen molar-refractivity contribution in [2.24, 2.45) is 5.92 Å². The number of hydrogen-bond acceptors (Lipinski definition) is 3. The number of rotatable bonds is 7. The molecule has 0 bridgehead atoms. The van der Waals surface area contributed by atoms with E-state index in [4.69, 9.17) is 25.8 Å². The van der Waals surface area contributed by atoms with Gasteiger partial charge in [-0.05, 0) is 31.2 Å². The van der Waals surface area contributed by atoms with E-state index in [0.29, 0.717) is 11.8 Å². The maximum absolute atomic E-state index is 5.97. The van der Waals surface area contributed by atoms with E-state index >= 15 is 0 Å². The fourth-order valence-corrected chi connectivity index (χ4v) is 2.43. The fourth-order valence-electron chi connectivity index (χ4n) is 2.21. The minimum atomic E-state index is 0.456. The van der Waals surface area contributed by atoms with Crippen LogP contribution in [0.1, 0.15) is 31.7 Å². The molecule has 0 N–H and O–H groups in total. The van der Waals surface area contributed by atoms with Gasteiger partial charge in [0.15, 0.2) is 0 Å². The normalized spacial score (nSPS) is 16.1. The number of alkyl halides is 1. The zero-order chi connectivity index (χ0) is 14.2. The molecule has 1 fully saturated rings. The first-order valence-corrected chi connectivity index (χ1v) is 7.89. The van der Waals surface area contributed by atoms with Gasteiger partial charge in [0.1, 0.15) is 11.5 Å². The summed E-state index contributed by atoms with van der Waals surface area (Å²) in [7, 11) is 0. The second-order valence-corrected chi connectivity index (χ2v) is 5.39. The highest BCUT2D eigenvalue weighted by Crippen LogP contribution is 2.28. The molecule has 0 amide bonds. The zero-order valence-corrected chi connectivity index (χ0v) is 12.8. The lowest BCUT2D eigenvalue weighted by molar-refractivity contribution is 0.0496. The van der Waals surface area contributed by atoms with Gasteiger partial charge in [-0.2, -0.15) is 0 Å². The summed E-state index contributed by atoms with van der Waals surface area (Å²) in [5.41, 5.74) is 1.02. The Kier molecular flexibility index (Phi) is 6.48. The standard InChI is InChI=1S/C16H23ClO3/c1-2-7-19-15-4-3-14(11-17)16(10-15)20-12-13-5-8-18-9-6-13/h3-4,10,13H,2,5-9,11-12H2,1H3. The van der Waals surface area contributed by atoms with E-state index in [1.54, 1.807) is 0 Å². The minimum Gasteiger partial charge on any atom is -0.493 e. The van der Waals surface area contributed by atoms with Crippen LogP contribution in [0.15, 0.2) is 18.2 Å². The van der Waals surface area contributed by atoms with Gasteiger partial charge in [-0.25, -0.2) is 0 Å². The summed E-state index contributed by atoms with van der Waals surface area (Å²) in [5.74, 6) is 2.73. The predicted octanol–water partition coefficient (Wildman–Crippen LogP) is 4.02. The second-order valence-electron chi connectivity index (χ2n) is 5.12. The van der Waals surface area contributed by atoms with Crippen molar-refractivity contribution in [3.8, 4) is 11.5 Å². The molecule has 0 aromatic heterocycles. The van der Waals surface area contributed by atoms with E-state index in [1.165, 1.54) is 0 Å². The van der Waals surface area contributed by atoms with Gasteiger partial charge in [-0.1, -0.05) is 13.0 Å². The lowest BCUT2D eigenvalue weighted by atomic mass is 10.0. The summed E-state index contributed by atoms with van der Waals surface area (Å²) in [5, 5.41) is 0. The van der Waals surface area contributed by atoms with Crippen molar-refractivity contribution in [3.63, 3.8) is 0 Å². The summed E-state index contributed by atoms with van der Waals surface area (Å²) in [6, 6.07) is 5.89. The monoisotopic (exact) mass is 298 g/mol. The van der Waals surface area contributed by atoms with Crippen LogP contribution in [-0.2, 0) is 10.6 Å². The van der Waals surface area contributed by atoms with Crippen molar-refractivity contribution in [1.29, 1.82) is 0 Å². The smallest absolute Gasteiger partial charge is 0.127 e. The van der Waals surface area contributed by atoms with E-state index in [9.17, 15) is 0 Å². The van der Waals surface area contributed by atoms with Crippen molar-refractivity contribution in [3.05, 3.63) is 23.8 Å². The number of ether oxygens (including phenoxy) is 3. The summed E-state index contributed by atoms with van der Waals surface area (Å²) >= 11 is 5.97. The van der Waals surface area contributed by atoms with E-state index in [-0.39, 0.29) is 0 Å². The highest BCUT2D eigenvalue weighted by Gasteiger charge is 2.15. The van der Waals surface area contributed by atoms with Crippen LogP contribution < -0.4 is 9.47 Å². The Bertz CT molecular complexity index is 403. The van der Waals surface area contributed by atoms with Crippen molar-refractivity contribution >= 4 is 11.6 Å². The van der Waals surface area contributed by atoms with Gasteiger partial charge in [0.25, 0.3) is 0 Å². The van der Waals surface area contributed by atoms with Crippen LogP contribution in [-0.4, -0.2) is 26.4 Å². The Morgan fingerprint density at radius 1 is 1.25 bits per heavy atom. The number of hydrogen-bond donors (Lipinski definition) is 0. The van der Waals surface area contributed by atoms with Crippen LogP contribution in [0.5, 0.6) is 11.5 Å². The molecular formula is C16H23ClO3. The molecule has 0 radical (unpaired) electrons. The van der Waals surface area contributed by atoms with E-state index in [2.05, 4.69) is 6.92 Å². The maximum Gasteiger partial charge on any atom is 0.127 e. The van der Waals surface area contributed by atoms with Gasteiger partial charge < -0.3 is 14.2 Å². The highest BCUT2D eigenvalue weighted by atomic mass is 35.5. The van der Waals surface area contributed by atoms with E-state index in [1.807, 2.05) is 18.2 Å². The number of benzene rings is 1. The van der Waals surface area contributed by atoms with Crippen LogP contribution in [0, 0.1) is 5.92 Å². The van der Waals surface area contributed by atoms with E-state index in [0.717, 1.165) is 62.8 Å². The Balaban J connectivity index is 1.96. The van der Waals surface area contributed by atoms with Crippen LogP contribution in [0.3, 0.4) is 0 Å². The highest BCUT2D eigenvalue weighted by molar-refractivity contribution is 6.17. The SMILES string of the molecule is CCCOc1ccc(CCl)c(OCC2CCOCC2)c1. The molecule has 0 aliphatic carbocycles.